The van der Waals surface area contributed by atoms with Gasteiger partial charge in [-0.2, -0.15) is 0 Å². The largest absolute Gasteiger partial charge is 0.479 e. The van der Waals surface area contributed by atoms with E-state index in [0.29, 0.717) is 0 Å². The molecule has 0 fully saturated rings. The topological polar surface area (TPSA) is 104 Å². The molecular formula is C13H19NO6. The zero-order valence-corrected chi connectivity index (χ0v) is 12.1. The van der Waals surface area contributed by atoms with E-state index in [4.69, 9.17) is 4.74 Å². The van der Waals surface area contributed by atoms with Crippen LogP contribution in [0, 0.1) is 0 Å². The summed E-state index contributed by atoms with van der Waals surface area (Å²) in [7, 11) is 0. The molecule has 2 N–H and O–H groups in total. The van der Waals surface area contributed by atoms with Gasteiger partial charge >= 0.3 is 18.0 Å². The molecular weight excluding hydrogens is 266 g/mol. The molecule has 1 aliphatic rings. The van der Waals surface area contributed by atoms with E-state index in [1.807, 2.05) is 0 Å². The Bertz CT molecular complexity index is 462. The molecule has 0 aromatic carbocycles. The molecule has 0 bridgehead atoms. The highest BCUT2D eigenvalue weighted by atomic mass is 16.6. The zero-order chi connectivity index (χ0) is 15.9. The number of aliphatic carboxylic acids is 2. The predicted molar refractivity (Wildman–Crippen MR) is 69.3 cm³/mol. The van der Waals surface area contributed by atoms with E-state index in [0.717, 1.165) is 4.90 Å². The van der Waals surface area contributed by atoms with Crippen molar-refractivity contribution in [2.75, 3.05) is 0 Å². The van der Waals surface area contributed by atoms with Gasteiger partial charge in [-0.15, -0.1) is 0 Å². The normalized spacial score (nSPS) is 29.4. The van der Waals surface area contributed by atoms with Crippen LogP contribution in [0.5, 0.6) is 0 Å². The van der Waals surface area contributed by atoms with E-state index in [2.05, 4.69) is 0 Å². The highest BCUT2D eigenvalue weighted by molar-refractivity contribution is 5.95. The molecule has 0 aromatic heterocycles. The average Bonchev–Trinajstić information content (AvgIpc) is 2.51. The molecule has 7 heteroatoms. The number of ether oxygens (including phenoxy) is 1. The number of amides is 1. The Balaban J connectivity index is 3.29. The smallest absolute Gasteiger partial charge is 0.412 e. The molecule has 0 saturated heterocycles. The molecule has 2 atom stereocenters. The van der Waals surface area contributed by atoms with E-state index >= 15 is 0 Å². The Morgan fingerprint density at radius 1 is 1.00 bits per heavy atom. The summed E-state index contributed by atoms with van der Waals surface area (Å²) in [5.74, 6) is -2.66. The van der Waals surface area contributed by atoms with Crippen molar-refractivity contribution >= 4 is 18.0 Å². The number of hydrogen-bond donors (Lipinski definition) is 2. The lowest BCUT2D eigenvalue weighted by Crippen LogP contribution is -2.62. The molecule has 1 amide bonds. The van der Waals surface area contributed by atoms with Crippen molar-refractivity contribution in [1.29, 1.82) is 0 Å². The second kappa shape index (κ2) is 4.50. The second-order valence-electron chi connectivity index (χ2n) is 6.05. The Morgan fingerprint density at radius 3 is 1.60 bits per heavy atom. The number of carbonyl (C=O) groups is 3. The number of carbonyl (C=O) groups excluding carboxylic acids is 1. The van der Waals surface area contributed by atoms with Crippen molar-refractivity contribution in [2.45, 2.75) is 51.3 Å². The quantitative estimate of drug-likeness (QED) is 0.745. The number of hydrogen-bond acceptors (Lipinski definition) is 4. The monoisotopic (exact) mass is 285 g/mol. The van der Waals surface area contributed by atoms with Crippen LogP contribution >= 0.6 is 0 Å². The van der Waals surface area contributed by atoms with Crippen LogP contribution in [0.25, 0.3) is 0 Å². The third kappa shape index (κ3) is 2.48. The molecule has 0 spiro atoms. The van der Waals surface area contributed by atoms with Gasteiger partial charge in [-0.3, -0.25) is 4.90 Å². The summed E-state index contributed by atoms with van der Waals surface area (Å²) in [6.07, 6.45) is 1.39. The van der Waals surface area contributed by atoms with Gasteiger partial charge in [0.25, 0.3) is 0 Å². The first-order chi connectivity index (χ1) is 8.84. The summed E-state index contributed by atoms with van der Waals surface area (Å²) >= 11 is 0. The van der Waals surface area contributed by atoms with Gasteiger partial charge in [0.1, 0.15) is 5.60 Å². The molecule has 112 valence electrons. The lowest BCUT2D eigenvalue weighted by molar-refractivity contribution is -0.155. The molecule has 0 aromatic rings. The van der Waals surface area contributed by atoms with Gasteiger partial charge in [-0.25, -0.2) is 14.4 Å². The van der Waals surface area contributed by atoms with Crippen molar-refractivity contribution in [2.24, 2.45) is 0 Å². The van der Waals surface area contributed by atoms with Crippen molar-refractivity contribution in [3.8, 4) is 0 Å². The maximum absolute atomic E-state index is 12.2. The highest BCUT2D eigenvalue weighted by Crippen LogP contribution is 2.37. The summed E-state index contributed by atoms with van der Waals surface area (Å²) in [6.45, 7) is 7.35. The van der Waals surface area contributed by atoms with Crippen LogP contribution in [0.15, 0.2) is 12.2 Å². The van der Waals surface area contributed by atoms with Gasteiger partial charge in [0.2, 0.25) is 0 Å². The number of nitrogens with zero attached hydrogens (tertiary/aromatic N) is 1. The van der Waals surface area contributed by atoms with Crippen LogP contribution in [0.1, 0.15) is 34.6 Å². The van der Waals surface area contributed by atoms with Gasteiger partial charge in [-0.1, -0.05) is 0 Å². The van der Waals surface area contributed by atoms with Gasteiger partial charge in [-0.05, 0) is 46.8 Å². The third-order valence-corrected chi connectivity index (χ3v) is 3.10. The number of rotatable bonds is 2. The van der Waals surface area contributed by atoms with Crippen molar-refractivity contribution in [3.63, 3.8) is 0 Å². The van der Waals surface area contributed by atoms with Crippen LogP contribution in [0.2, 0.25) is 0 Å². The Hall–Kier alpha value is -2.05. The molecule has 2 unspecified atom stereocenters. The fourth-order valence-corrected chi connectivity index (χ4v) is 1.98. The minimum atomic E-state index is -1.77. The SMILES string of the molecule is CC(C)(C)OC(=O)N1C(C)(C(=O)O)C=CC1(C)C(=O)O. The minimum Gasteiger partial charge on any atom is -0.479 e. The van der Waals surface area contributed by atoms with Crippen LogP contribution in [0.4, 0.5) is 4.79 Å². The fourth-order valence-electron chi connectivity index (χ4n) is 1.98. The highest BCUT2D eigenvalue weighted by Gasteiger charge is 2.58. The van der Waals surface area contributed by atoms with Crippen LogP contribution < -0.4 is 0 Å². The first kappa shape index (κ1) is 16.0. The third-order valence-electron chi connectivity index (χ3n) is 3.10. The molecule has 1 heterocycles. The summed E-state index contributed by atoms with van der Waals surface area (Å²) in [5.41, 5.74) is -4.40. The molecule has 20 heavy (non-hydrogen) atoms. The maximum atomic E-state index is 12.2. The standard InChI is InChI=1S/C13H19NO6/c1-11(2,3)20-10(19)14-12(4,8(15)16)6-7-13(14,5)9(17)18/h6-7H,1-5H3,(H,15,16)(H,17,18). The van der Waals surface area contributed by atoms with E-state index < -0.39 is 34.7 Å². The van der Waals surface area contributed by atoms with Gasteiger partial charge in [0, 0.05) is 0 Å². The van der Waals surface area contributed by atoms with Gasteiger partial charge in [0.05, 0.1) is 0 Å². The summed E-state index contributed by atoms with van der Waals surface area (Å²) in [6, 6.07) is 0. The molecule has 0 radical (unpaired) electrons. The second-order valence-corrected chi connectivity index (χ2v) is 6.05. The summed E-state index contributed by atoms with van der Waals surface area (Å²) in [5, 5.41) is 18.6. The Labute approximate surface area is 116 Å². The number of carboxylic acid groups (broad SMARTS) is 2. The molecule has 1 aliphatic heterocycles. The molecule has 0 aliphatic carbocycles. The Morgan fingerprint density at radius 2 is 1.35 bits per heavy atom. The minimum absolute atomic E-state index is 0.732. The lowest BCUT2D eigenvalue weighted by Gasteiger charge is -2.39. The lowest BCUT2D eigenvalue weighted by atomic mass is 10.00. The molecule has 1 rings (SSSR count). The fraction of sp³-hybridized carbons (Fsp3) is 0.615. The first-order valence-corrected chi connectivity index (χ1v) is 6.05. The van der Waals surface area contributed by atoms with Gasteiger partial charge < -0.3 is 14.9 Å². The van der Waals surface area contributed by atoms with Crippen LogP contribution in [-0.2, 0) is 14.3 Å². The van der Waals surface area contributed by atoms with E-state index in [1.165, 1.54) is 26.0 Å². The maximum Gasteiger partial charge on any atom is 0.412 e. The first-order valence-electron chi connectivity index (χ1n) is 6.05. The Kier molecular flexibility index (Phi) is 3.60. The summed E-state index contributed by atoms with van der Waals surface area (Å²) in [4.78, 5) is 35.8. The van der Waals surface area contributed by atoms with Crippen LogP contribution in [-0.4, -0.2) is 49.8 Å². The van der Waals surface area contributed by atoms with E-state index in [1.54, 1.807) is 20.8 Å². The van der Waals surface area contributed by atoms with Crippen molar-refractivity contribution < 1.29 is 29.3 Å². The van der Waals surface area contributed by atoms with E-state index in [-0.39, 0.29) is 0 Å². The molecule has 7 nitrogen and oxygen atoms in total. The van der Waals surface area contributed by atoms with Crippen molar-refractivity contribution in [3.05, 3.63) is 12.2 Å². The van der Waals surface area contributed by atoms with Crippen molar-refractivity contribution in [1.82, 2.24) is 4.90 Å². The zero-order valence-electron chi connectivity index (χ0n) is 12.1. The average molecular weight is 285 g/mol. The predicted octanol–water partition coefficient (Wildman–Crippen LogP) is 1.48. The van der Waals surface area contributed by atoms with E-state index in [9.17, 15) is 24.6 Å². The molecule has 0 saturated carbocycles. The number of carboxylic acids is 2. The van der Waals surface area contributed by atoms with Crippen LogP contribution in [0.3, 0.4) is 0 Å². The van der Waals surface area contributed by atoms with Gasteiger partial charge in [0.15, 0.2) is 11.1 Å². The summed E-state index contributed by atoms with van der Waals surface area (Å²) < 4.78 is 5.13.